The third kappa shape index (κ3) is 4.41. The predicted octanol–water partition coefficient (Wildman–Crippen LogP) is 1.75. The highest BCUT2D eigenvalue weighted by Crippen LogP contribution is 2.26. The molecule has 0 bridgehead atoms. The number of hydrogen-bond acceptors (Lipinski definition) is 5. The number of hydrogen-bond donors (Lipinski definition) is 1. The molecule has 7 nitrogen and oxygen atoms in total. The molecule has 0 radical (unpaired) electrons. The summed E-state index contributed by atoms with van der Waals surface area (Å²) in [6, 6.07) is 5.35. The predicted molar refractivity (Wildman–Crippen MR) is 103 cm³/mol. The van der Waals surface area contributed by atoms with Crippen LogP contribution in [0.2, 0.25) is 0 Å². The molecule has 1 fully saturated rings. The van der Waals surface area contributed by atoms with Crippen molar-refractivity contribution in [2.45, 2.75) is 38.1 Å². The second-order valence-corrected chi connectivity index (χ2v) is 9.44. The van der Waals surface area contributed by atoms with E-state index in [2.05, 4.69) is 10.3 Å². The fourth-order valence-corrected chi connectivity index (χ4v) is 4.34. The highest BCUT2D eigenvalue weighted by atomic mass is 32.2. The minimum Gasteiger partial charge on any atom is -0.353 e. The smallest absolute Gasteiger partial charge is 0.242 e. The third-order valence-corrected chi connectivity index (χ3v) is 5.61. The van der Waals surface area contributed by atoms with Gasteiger partial charge in [-0.2, -0.15) is 0 Å². The first-order valence-electron chi connectivity index (χ1n) is 9.18. The minimum atomic E-state index is -3.48. The Morgan fingerprint density at radius 3 is 2.75 bits per heavy atom. The zero-order valence-electron chi connectivity index (χ0n) is 16.2. The third-order valence-electron chi connectivity index (χ3n) is 4.62. The first kappa shape index (κ1) is 20.5. The van der Waals surface area contributed by atoms with Crippen LogP contribution in [0.3, 0.4) is 0 Å². The Kier molecular flexibility index (Phi) is 5.85. The van der Waals surface area contributed by atoms with Gasteiger partial charge < -0.3 is 9.88 Å². The van der Waals surface area contributed by atoms with Crippen molar-refractivity contribution in [1.82, 2.24) is 19.8 Å². The van der Waals surface area contributed by atoms with E-state index in [4.69, 9.17) is 0 Å². The van der Waals surface area contributed by atoms with Crippen LogP contribution in [0.25, 0.3) is 0 Å². The van der Waals surface area contributed by atoms with E-state index in [1.807, 2.05) is 18.7 Å². The first-order valence-corrected chi connectivity index (χ1v) is 11.1. The van der Waals surface area contributed by atoms with E-state index in [1.165, 1.54) is 12.1 Å². The van der Waals surface area contributed by atoms with Gasteiger partial charge in [-0.05, 0) is 23.6 Å². The number of piperazine rings is 1. The van der Waals surface area contributed by atoms with Gasteiger partial charge in [-0.15, -0.1) is 0 Å². The van der Waals surface area contributed by atoms with Crippen molar-refractivity contribution < 1.29 is 17.6 Å². The molecule has 28 heavy (non-hydrogen) atoms. The molecule has 1 aliphatic rings. The normalized spacial score (nSPS) is 18.5. The topological polar surface area (TPSA) is 84.3 Å². The fourth-order valence-electron chi connectivity index (χ4n) is 3.51. The summed E-state index contributed by atoms with van der Waals surface area (Å²) in [6.45, 7) is 5.88. The summed E-state index contributed by atoms with van der Waals surface area (Å²) in [5.74, 6) is -0.382. The maximum Gasteiger partial charge on any atom is 0.242 e. The van der Waals surface area contributed by atoms with E-state index >= 15 is 0 Å². The van der Waals surface area contributed by atoms with Gasteiger partial charge in [0.2, 0.25) is 20.9 Å². The van der Waals surface area contributed by atoms with Gasteiger partial charge in [0.25, 0.3) is 0 Å². The Morgan fingerprint density at radius 1 is 1.36 bits per heavy atom. The molecule has 1 aliphatic heterocycles. The fraction of sp³-hybridized carbons (Fsp3) is 0.474. The highest BCUT2D eigenvalue weighted by Gasteiger charge is 2.32. The maximum absolute atomic E-state index is 13.7. The molecule has 2 aromatic rings. The Balaban J connectivity index is 1.97. The number of benzene rings is 1. The van der Waals surface area contributed by atoms with Gasteiger partial charge in [-0.1, -0.05) is 26.0 Å². The number of sulfone groups is 1. The zero-order valence-corrected chi connectivity index (χ0v) is 17.0. The van der Waals surface area contributed by atoms with Crippen molar-refractivity contribution in [2.75, 3.05) is 19.3 Å². The number of carbonyl (C=O) groups excluding carboxylic acids is 1. The van der Waals surface area contributed by atoms with E-state index < -0.39 is 21.7 Å². The lowest BCUT2D eigenvalue weighted by molar-refractivity contribution is -0.129. The summed E-state index contributed by atoms with van der Waals surface area (Å²) in [6.07, 6.45) is 2.69. The van der Waals surface area contributed by atoms with Crippen LogP contribution in [0, 0.1) is 11.7 Å². The van der Waals surface area contributed by atoms with Crippen LogP contribution in [-0.4, -0.2) is 48.1 Å². The Morgan fingerprint density at radius 2 is 2.11 bits per heavy atom. The number of carbonyl (C=O) groups is 1. The van der Waals surface area contributed by atoms with Crippen molar-refractivity contribution in [3.63, 3.8) is 0 Å². The van der Waals surface area contributed by atoms with Gasteiger partial charge >= 0.3 is 0 Å². The second kappa shape index (κ2) is 8.00. The Bertz CT molecular complexity index is 971. The molecule has 9 heteroatoms. The van der Waals surface area contributed by atoms with E-state index in [0.717, 1.165) is 6.26 Å². The quantitative estimate of drug-likeness (QED) is 0.787. The van der Waals surface area contributed by atoms with Crippen LogP contribution in [0.15, 0.2) is 35.6 Å². The summed E-state index contributed by atoms with van der Waals surface area (Å²) < 4.78 is 39.6. The molecule has 3 rings (SSSR count). The average Bonchev–Trinajstić information content (AvgIpc) is 2.97. The van der Waals surface area contributed by atoms with Crippen LogP contribution in [-0.2, 0) is 27.7 Å². The summed E-state index contributed by atoms with van der Waals surface area (Å²) in [5.41, 5.74) is 1.28. The molecule has 0 saturated carbocycles. The molecule has 0 spiro atoms. The van der Waals surface area contributed by atoms with E-state index in [1.54, 1.807) is 22.9 Å². The van der Waals surface area contributed by atoms with E-state index in [-0.39, 0.29) is 17.0 Å². The Hall–Kier alpha value is -2.26. The van der Waals surface area contributed by atoms with E-state index in [9.17, 15) is 17.6 Å². The van der Waals surface area contributed by atoms with Crippen molar-refractivity contribution >= 4 is 15.7 Å². The number of nitrogens with one attached hydrogen (secondary N) is 1. The molecular weight excluding hydrogens is 383 g/mol. The van der Waals surface area contributed by atoms with Crippen LogP contribution < -0.4 is 5.32 Å². The number of imidazole rings is 1. The van der Waals surface area contributed by atoms with Crippen LogP contribution >= 0.6 is 0 Å². The van der Waals surface area contributed by atoms with Gasteiger partial charge in [0.15, 0.2) is 0 Å². The van der Waals surface area contributed by atoms with Crippen LogP contribution in [0.5, 0.6) is 0 Å². The molecule has 1 aromatic heterocycles. The molecule has 152 valence electrons. The summed E-state index contributed by atoms with van der Waals surface area (Å²) in [7, 11) is -3.48. The number of rotatable bonds is 6. The van der Waals surface area contributed by atoms with Gasteiger partial charge in [-0.25, -0.2) is 17.8 Å². The molecule has 2 heterocycles. The molecule has 1 N–H and O–H groups in total. The number of nitrogens with zero attached hydrogens (tertiary/aromatic N) is 3. The Labute approximate surface area is 164 Å². The van der Waals surface area contributed by atoms with Crippen LogP contribution in [0.4, 0.5) is 4.39 Å². The van der Waals surface area contributed by atoms with Crippen molar-refractivity contribution in [3.8, 4) is 0 Å². The molecular formula is C19H25FN4O3S. The van der Waals surface area contributed by atoms with Crippen molar-refractivity contribution in [2.24, 2.45) is 5.92 Å². The van der Waals surface area contributed by atoms with Gasteiger partial charge in [0.1, 0.15) is 11.9 Å². The summed E-state index contributed by atoms with van der Waals surface area (Å²) in [5, 5.41) is 2.85. The average molecular weight is 408 g/mol. The second-order valence-electron chi connectivity index (χ2n) is 7.53. The standard InChI is InChI=1S/C19H25FN4O3S/c1-13(2)11-24-16(10-22-19(24)28(3,26)27)12-23-8-7-21-18(25)17(23)14-5-4-6-15(20)9-14/h4-6,9-10,13,17H,7-8,11-12H2,1-3H3,(H,21,25)/t17-/m0/s1. The van der Waals surface area contributed by atoms with Crippen molar-refractivity contribution in [3.05, 3.63) is 47.5 Å². The maximum atomic E-state index is 13.7. The molecule has 1 atom stereocenters. The molecule has 1 saturated heterocycles. The number of amides is 1. The number of halogens is 1. The highest BCUT2D eigenvalue weighted by molar-refractivity contribution is 7.90. The largest absolute Gasteiger partial charge is 0.353 e. The molecule has 1 aromatic carbocycles. The van der Waals surface area contributed by atoms with Gasteiger partial charge in [-0.3, -0.25) is 9.69 Å². The zero-order chi connectivity index (χ0) is 20.5. The SMILES string of the molecule is CC(C)Cn1c(CN2CCNC(=O)[C@@H]2c2cccc(F)c2)cnc1S(C)(=O)=O. The van der Waals surface area contributed by atoms with Gasteiger partial charge in [0.05, 0.1) is 11.9 Å². The van der Waals surface area contributed by atoms with E-state index in [0.29, 0.717) is 37.4 Å². The number of aromatic nitrogens is 2. The van der Waals surface area contributed by atoms with Gasteiger partial charge in [0, 0.05) is 32.4 Å². The molecule has 0 unspecified atom stereocenters. The first-order chi connectivity index (χ1) is 13.2. The van der Waals surface area contributed by atoms with Crippen LogP contribution in [0.1, 0.15) is 31.1 Å². The minimum absolute atomic E-state index is 0.0277. The van der Waals surface area contributed by atoms with Crippen molar-refractivity contribution in [1.29, 1.82) is 0 Å². The summed E-state index contributed by atoms with van der Waals surface area (Å²) in [4.78, 5) is 18.6. The lowest BCUT2D eigenvalue weighted by Crippen LogP contribution is -2.49. The lowest BCUT2D eigenvalue weighted by Gasteiger charge is -2.35. The lowest BCUT2D eigenvalue weighted by atomic mass is 10.0. The molecule has 0 aliphatic carbocycles. The summed E-state index contributed by atoms with van der Waals surface area (Å²) >= 11 is 0. The monoisotopic (exact) mass is 408 g/mol. The molecule has 1 amide bonds.